The summed E-state index contributed by atoms with van der Waals surface area (Å²) in [5.74, 6) is -0.474. The lowest BCUT2D eigenvalue weighted by Gasteiger charge is -2.12. The first-order valence-electron chi connectivity index (χ1n) is 9.00. The molecule has 0 saturated carbocycles. The van der Waals surface area contributed by atoms with Crippen LogP contribution in [0.15, 0.2) is 65.7 Å². The summed E-state index contributed by atoms with van der Waals surface area (Å²) in [5, 5.41) is 3.00. The quantitative estimate of drug-likeness (QED) is 0.623. The topological polar surface area (TPSA) is 60.3 Å². The summed E-state index contributed by atoms with van der Waals surface area (Å²) >= 11 is 0. The summed E-state index contributed by atoms with van der Waals surface area (Å²) < 4.78 is 47.7. The number of benzene rings is 2. The fourth-order valence-electron chi connectivity index (χ4n) is 2.99. The van der Waals surface area contributed by atoms with E-state index < -0.39 is 15.8 Å². The standard InChI is InChI=1S/C21H23FN2O3S/c1-3-27-15-16-7-6-8-18(11-16)28(25,26)24-14-17(13-23-2)12-21(24)19-9-4-5-10-20(19)22/h4-12,14,23H,3,13,15H2,1-2H3. The van der Waals surface area contributed by atoms with Crippen LogP contribution in [0.1, 0.15) is 18.1 Å². The van der Waals surface area contributed by atoms with Crippen molar-refractivity contribution in [3.05, 3.63) is 77.7 Å². The second-order valence-corrected chi connectivity index (χ2v) is 8.14. The van der Waals surface area contributed by atoms with E-state index in [4.69, 9.17) is 4.74 Å². The number of aromatic nitrogens is 1. The molecule has 2 aromatic carbocycles. The van der Waals surface area contributed by atoms with Crippen molar-refractivity contribution in [1.82, 2.24) is 9.29 Å². The largest absolute Gasteiger partial charge is 0.377 e. The highest BCUT2D eigenvalue weighted by Gasteiger charge is 2.23. The molecule has 0 radical (unpaired) electrons. The minimum absolute atomic E-state index is 0.133. The lowest BCUT2D eigenvalue weighted by Crippen LogP contribution is -2.14. The molecule has 3 aromatic rings. The molecule has 0 bridgehead atoms. The van der Waals surface area contributed by atoms with E-state index in [0.717, 1.165) is 15.1 Å². The molecular formula is C21H23FN2O3S. The zero-order chi connectivity index (χ0) is 20.1. The number of ether oxygens (including phenoxy) is 1. The van der Waals surface area contributed by atoms with Gasteiger partial charge in [-0.25, -0.2) is 16.8 Å². The molecule has 1 N–H and O–H groups in total. The van der Waals surface area contributed by atoms with E-state index in [2.05, 4.69) is 5.32 Å². The Hall–Kier alpha value is -2.48. The summed E-state index contributed by atoms with van der Waals surface area (Å²) in [6.45, 7) is 3.22. The molecule has 0 atom stereocenters. The Labute approximate surface area is 164 Å². The lowest BCUT2D eigenvalue weighted by atomic mass is 10.1. The predicted molar refractivity (Wildman–Crippen MR) is 107 cm³/mol. The maximum absolute atomic E-state index is 14.4. The number of nitrogens with zero attached hydrogens (tertiary/aromatic N) is 1. The van der Waals surface area contributed by atoms with Crippen LogP contribution in [0.4, 0.5) is 4.39 Å². The molecule has 0 saturated heterocycles. The van der Waals surface area contributed by atoms with Gasteiger partial charge in [0, 0.05) is 24.9 Å². The van der Waals surface area contributed by atoms with Gasteiger partial charge in [-0.2, -0.15) is 0 Å². The molecule has 0 fully saturated rings. The van der Waals surface area contributed by atoms with E-state index in [1.165, 1.54) is 18.3 Å². The number of hydrogen-bond acceptors (Lipinski definition) is 4. The maximum Gasteiger partial charge on any atom is 0.268 e. The van der Waals surface area contributed by atoms with Gasteiger partial charge in [0.1, 0.15) is 5.82 Å². The first-order chi connectivity index (χ1) is 13.5. The second kappa shape index (κ2) is 8.68. The highest BCUT2D eigenvalue weighted by Crippen LogP contribution is 2.29. The Balaban J connectivity index is 2.13. The summed E-state index contributed by atoms with van der Waals surface area (Å²) in [7, 11) is -2.14. The third-order valence-electron chi connectivity index (χ3n) is 4.30. The zero-order valence-electron chi connectivity index (χ0n) is 15.9. The van der Waals surface area contributed by atoms with E-state index in [1.54, 1.807) is 43.4 Å². The van der Waals surface area contributed by atoms with Gasteiger partial charge < -0.3 is 10.1 Å². The first kappa shape index (κ1) is 20.3. The molecule has 0 aliphatic rings. The smallest absolute Gasteiger partial charge is 0.268 e. The molecule has 3 rings (SSSR count). The summed E-state index contributed by atoms with van der Waals surface area (Å²) in [4.78, 5) is 0.133. The van der Waals surface area contributed by atoms with Gasteiger partial charge in [-0.1, -0.05) is 24.3 Å². The molecule has 148 valence electrons. The second-order valence-electron chi connectivity index (χ2n) is 6.33. The fraction of sp³-hybridized carbons (Fsp3) is 0.238. The molecule has 28 heavy (non-hydrogen) atoms. The van der Waals surface area contributed by atoms with E-state index >= 15 is 0 Å². The van der Waals surface area contributed by atoms with Gasteiger partial charge in [0.25, 0.3) is 10.0 Å². The van der Waals surface area contributed by atoms with E-state index in [9.17, 15) is 12.8 Å². The van der Waals surface area contributed by atoms with Crippen LogP contribution in [0.2, 0.25) is 0 Å². The van der Waals surface area contributed by atoms with Crippen molar-refractivity contribution in [2.45, 2.75) is 25.0 Å². The van der Waals surface area contributed by atoms with Crippen LogP contribution in [0.3, 0.4) is 0 Å². The molecule has 0 amide bonds. The number of nitrogens with one attached hydrogen (secondary N) is 1. The van der Waals surface area contributed by atoms with Crippen LogP contribution in [-0.2, 0) is 27.9 Å². The van der Waals surface area contributed by atoms with Crippen LogP contribution >= 0.6 is 0 Å². The Kier molecular flexibility index (Phi) is 6.28. The normalized spacial score (nSPS) is 11.7. The van der Waals surface area contributed by atoms with Gasteiger partial charge in [-0.3, -0.25) is 0 Å². The van der Waals surface area contributed by atoms with Crippen LogP contribution in [0.25, 0.3) is 11.3 Å². The van der Waals surface area contributed by atoms with Gasteiger partial charge in [-0.05, 0) is 55.4 Å². The Bertz CT molecular complexity index is 1060. The molecular weight excluding hydrogens is 379 g/mol. The predicted octanol–water partition coefficient (Wildman–Crippen LogP) is 3.79. The fourth-order valence-corrected chi connectivity index (χ4v) is 4.45. The number of hydrogen-bond donors (Lipinski definition) is 1. The van der Waals surface area contributed by atoms with Crippen molar-refractivity contribution >= 4 is 10.0 Å². The molecule has 7 heteroatoms. The van der Waals surface area contributed by atoms with Crippen molar-refractivity contribution in [2.24, 2.45) is 0 Å². The highest BCUT2D eigenvalue weighted by molar-refractivity contribution is 7.90. The van der Waals surface area contributed by atoms with Gasteiger partial charge in [0.15, 0.2) is 0 Å². The van der Waals surface area contributed by atoms with Crippen molar-refractivity contribution in [3.63, 3.8) is 0 Å². The Morgan fingerprint density at radius 3 is 2.57 bits per heavy atom. The van der Waals surface area contributed by atoms with E-state index in [-0.39, 0.29) is 10.5 Å². The van der Waals surface area contributed by atoms with Crippen LogP contribution in [-0.4, -0.2) is 26.0 Å². The molecule has 0 aliphatic heterocycles. The summed E-state index contributed by atoms with van der Waals surface area (Å²) in [6, 6.07) is 14.5. The van der Waals surface area contributed by atoms with Crippen molar-refractivity contribution in [2.75, 3.05) is 13.7 Å². The first-order valence-corrected chi connectivity index (χ1v) is 10.4. The highest BCUT2D eigenvalue weighted by atomic mass is 32.2. The molecule has 0 unspecified atom stereocenters. The third kappa shape index (κ3) is 4.16. The minimum Gasteiger partial charge on any atom is -0.377 e. The number of rotatable bonds is 8. The minimum atomic E-state index is -3.91. The molecule has 1 aromatic heterocycles. The summed E-state index contributed by atoms with van der Waals surface area (Å²) in [5.41, 5.74) is 2.03. The van der Waals surface area contributed by atoms with Crippen LogP contribution in [0, 0.1) is 5.82 Å². The average Bonchev–Trinajstić information content (AvgIpc) is 3.12. The number of halogens is 1. The molecule has 0 aliphatic carbocycles. The maximum atomic E-state index is 14.4. The van der Waals surface area contributed by atoms with Gasteiger partial charge >= 0.3 is 0 Å². The average molecular weight is 402 g/mol. The SMILES string of the molecule is CCOCc1cccc(S(=O)(=O)n2cc(CNC)cc2-c2ccccc2F)c1. The third-order valence-corrected chi connectivity index (χ3v) is 5.97. The lowest BCUT2D eigenvalue weighted by molar-refractivity contribution is 0.134. The van der Waals surface area contributed by atoms with E-state index in [0.29, 0.717) is 25.5 Å². The molecule has 5 nitrogen and oxygen atoms in total. The van der Waals surface area contributed by atoms with Crippen LogP contribution < -0.4 is 5.32 Å². The van der Waals surface area contributed by atoms with Crippen molar-refractivity contribution in [1.29, 1.82) is 0 Å². The van der Waals surface area contributed by atoms with Gasteiger partial charge in [0.05, 0.1) is 17.2 Å². The summed E-state index contributed by atoms with van der Waals surface area (Å²) in [6.07, 6.45) is 1.53. The molecule has 1 heterocycles. The monoisotopic (exact) mass is 402 g/mol. The van der Waals surface area contributed by atoms with Crippen molar-refractivity contribution < 1.29 is 17.5 Å². The van der Waals surface area contributed by atoms with Gasteiger partial charge in [-0.15, -0.1) is 0 Å². The van der Waals surface area contributed by atoms with Crippen LogP contribution in [0.5, 0.6) is 0 Å². The zero-order valence-corrected chi connectivity index (χ0v) is 16.7. The Morgan fingerprint density at radius 2 is 1.86 bits per heavy atom. The van der Waals surface area contributed by atoms with Crippen molar-refractivity contribution in [3.8, 4) is 11.3 Å². The Morgan fingerprint density at radius 1 is 1.07 bits per heavy atom. The molecule has 0 spiro atoms. The van der Waals surface area contributed by atoms with Gasteiger partial charge in [0.2, 0.25) is 0 Å². The van der Waals surface area contributed by atoms with E-state index in [1.807, 2.05) is 13.0 Å².